The van der Waals surface area contributed by atoms with Gasteiger partial charge in [0.05, 0.1) is 30.5 Å². The van der Waals surface area contributed by atoms with Crippen molar-refractivity contribution in [1.82, 2.24) is 10.2 Å². The van der Waals surface area contributed by atoms with Crippen molar-refractivity contribution in [3.05, 3.63) is 97.1 Å². The molecule has 3 rings (SSSR count). The minimum Gasteiger partial charge on any atom is -0.463 e. The number of benzene rings is 2. The zero-order valence-corrected chi connectivity index (χ0v) is 24.0. The van der Waals surface area contributed by atoms with E-state index in [1.807, 2.05) is 66.7 Å². The van der Waals surface area contributed by atoms with Crippen molar-refractivity contribution in [2.75, 3.05) is 19.8 Å². The van der Waals surface area contributed by atoms with Crippen LogP contribution in [0, 0.1) is 11.8 Å². The van der Waals surface area contributed by atoms with E-state index in [0.29, 0.717) is 25.8 Å². The fourth-order valence-electron chi connectivity index (χ4n) is 5.36. The van der Waals surface area contributed by atoms with Crippen LogP contribution >= 0.6 is 0 Å². The lowest BCUT2D eigenvalue weighted by Crippen LogP contribution is -2.42. The quantitative estimate of drug-likeness (QED) is 0.158. The number of amides is 2. The lowest BCUT2D eigenvalue weighted by atomic mass is 9.94. The molecule has 4 unspecified atom stereocenters. The molecule has 4 atom stereocenters. The summed E-state index contributed by atoms with van der Waals surface area (Å²) in [6.07, 6.45) is 8.37. The van der Waals surface area contributed by atoms with E-state index in [2.05, 4.69) is 18.5 Å². The van der Waals surface area contributed by atoms with E-state index in [-0.39, 0.29) is 49.4 Å². The number of carbonyl (C=O) groups is 3. The van der Waals surface area contributed by atoms with Crippen LogP contribution in [-0.4, -0.2) is 53.6 Å². The summed E-state index contributed by atoms with van der Waals surface area (Å²) < 4.78 is 5.85. The Balaban J connectivity index is 1.69. The molecule has 41 heavy (non-hydrogen) atoms. The van der Waals surface area contributed by atoms with Gasteiger partial charge in [-0.05, 0) is 56.1 Å². The van der Waals surface area contributed by atoms with Crippen LogP contribution in [0.2, 0.25) is 0 Å². The number of ether oxygens (including phenoxy) is 1. The zero-order valence-electron chi connectivity index (χ0n) is 24.0. The molecule has 0 saturated carbocycles. The van der Waals surface area contributed by atoms with E-state index >= 15 is 0 Å². The van der Waals surface area contributed by atoms with Gasteiger partial charge in [-0.1, -0.05) is 72.8 Å². The fraction of sp³-hybridized carbons (Fsp3) is 0.441. The van der Waals surface area contributed by atoms with E-state index in [1.54, 1.807) is 11.0 Å². The third kappa shape index (κ3) is 10.0. The Kier molecular flexibility index (Phi) is 13.3. The van der Waals surface area contributed by atoms with Gasteiger partial charge < -0.3 is 20.1 Å². The molecule has 7 nitrogen and oxygen atoms in total. The lowest BCUT2D eigenvalue weighted by molar-refractivity contribution is -0.150. The number of likely N-dealkylation sites (tertiary alicyclic amines) is 1. The number of unbranched alkanes of at least 4 members (excludes halogenated alkanes) is 1. The molecule has 7 heteroatoms. The second kappa shape index (κ2) is 17.2. The molecule has 1 saturated heterocycles. The number of esters is 1. The SMILES string of the molecule is C=CCCCC(Cc1ccccc1)C(=O)OCC(NC(=O)C(CC=C)CC(=O)N1CCCC1CO)c1ccccc1. The van der Waals surface area contributed by atoms with Gasteiger partial charge in [0.2, 0.25) is 11.8 Å². The van der Waals surface area contributed by atoms with Crippen LogP contribution in [0.25, 0.3) is 0 Å². The van der Waals surface area contributed by atoms with Crippen LogP contribution in [0.1, 0.15) is 62.1 Å². The molecule has 1 aliphatic heterocycles. The molecule has 2 aromatic carbocycles. The molecule has 0 aromatic heterocycles. The maximum Gasteiger partial charge on any atom is 0.309 e. The van der Waals surface area contributed by atoms with E-state index in [9.17, 15) is 19.5 Å². The Morgan fingerprint density at radius 1 is 1.02 bits per heavy atom. The molecule has 0 radical (unpaired) electrons. The van der Waals surface area contributed by atoms with Crippen molar-refractivity contribution < 1.29 is 24.2 Å². The number of allylic oxidation sites excluding steroid dienone is 2. The van der Waals surface area contributed by atoms with Crippen LogP contribution in [0.15, 0.2) is 86.0 Å². The summed E-state index contributed by atoms with van der Waals surface area (Å²) in [6, 6.07) is 18.5. The summed E-state index contributed by atoms with van der Waals surface area (Å²) in [4.78, 5) is 41.5. The van der Waals surface area contributed by atoms with Crippen LogP contribution in [0.3, 0.4) is 0 Å². The highest BCUT2D eigenvalue weighted by Crippen LogP contribution is 2.23. The highest BCUT2D eigenvalue weighted by Gasteiger charge is 2.32. The first-order valence-corrected chi connectivity index (χ1v) is 14.6. The van der Waals surface area contributed by atoms with Gasteiger partial charge in [0.15, 0.2) is 0 Å². The Morgan fingerprint density at radius 3 is 2.39 bits per heavy atom. The number of rotatable bonds is 17. The van der Waals surface area contributed by atoms with Crippen molar-refractivity contribution in [3.8, 4) is 0 Å². The van der Waals surface area contributed by atoms with Gasteiger partial charge in [-0.3, -0.25) is 14.4 Å². The molecule has 2 N–H and O–H groups in total. The predicted molar refractivity (Wildman–Crippen MR) is 161 cm³/mol. The number of aliphatic hydroxyl groups is 1. The number of carbonyl (C=O) groups excluding carboxylic acids is 3. The van der Waals surface area contributed by atoms with Crippen molar-refractivity contribution in [2.45, 2.75) is 63.5 Å². The molecule has 0 aliphatic carbocycles. The fourth-order valence-corrected chi connectivity index (χ4v) is 5.36. The van der Waals surface area contributed by atoms with Gasteiger partial charge in [-0.15, -0.1) is 13.2 Å². The number of hydrogen-bond acceptors (Lipinski definition) is 5. The molecular weight excluding hydrogens is 516 g/mol. The highest BCUT2D eigenvalue weighted by molar-refractivity contribution is 5.86. The van der Waals surface area contributed by atoms with E-state index in [4.69, 9.17) is 4.74 Å². The first-order chi connectivity index (χ1) is 20.0. The third-order valence-corrected chi connectivity index (χ3v) is 7.68. The van der Waals surface area contributed by atoms with E-state index in [0.717, 1.165) is 36.8 Å². The van der Waals surface area contributed by atoms with Gasteiger partial charge in [-0.2, -0.15) is 0 Å². The predicted octanol–water partition coefficient (Wildman–Crippen LogP) is 5.17. The monoisotopic (exact) mass is 560 g/mol. The van der Waals surface area contributed by atoms with Crippen LogP contribution in [-0.2, 0) is 25.5 Å². The zero-order chi connectivity index (χ0) is 29.5. The first-order valence-electron chi connectivity index (χ1n) is 14.6. The summed E-state index contributed by atoms with van der Waals surface area (Å²) in [6.45, 7) is 8.06. The minimum atomic E-state index is -0.619. The molecule has 2 amide bonds. The lowest BCUT2D eigenvalue weighted by Gasteiger charge is -2.27. The molecular formula is C34H44N2O5. The van der Waals surface area contributed by atoms with Crippen molar-refractivity contribution >= 4 is 17.8 Å². The number of aliphatic hydroxyl groups excluding tert-OH is 1. The minimum absolute atomic E-state index is 0.0190. The molecule has 1 heterocycles. The molecule has 1 aliphatic rings. The Hall–Kier alpha value is -3.71. The van der Waals surface area contributed by atoms with Crippen molar-refractivity contribution in [2.24, 2.45) is 11.8 Å². The summed E-state index contributed by atoms with van der Waals surface area (Å²) in [7, 11) is 0. The van der Waals surface area contributed by atoms with Gasteiger partial charge in [0.1, 0.15) is 6.61 Å². The number of nitrogens with one attached hydrogen (secondary N) is 1. The summed E-state index contributed by atoms with van der Waals surface area (Å²) in [5.41, 5.74) is 1.88. The largest absolute Gasteiger partial charge is 0.463 e. The molecule has 220 valence electrons. The Bertz CT molecular complexity index is 1120. The second-order valence-electron chi connectivity index (χ2n) is 10.7. The standard InChI is InChI=1S/C34H44N2O5/c1-3-5-8-19-29(22-26-15-9-6-10-16-26)34(40)41-25-31(27-17-11-7-12-18-27)35-33(39)28(14-4-2)23-32(38)36-21-13-20-30(36)24-37/h3-4,6-7,9-12,15-18,28-31,37H,1-2,5,8,13-14,19-25H2,(H,35,39). The topological polar surface area (TPSA) is 95.9 Å². The third-order valence-electron chi connectivity index (χ3n) is 7.68. The van der Waals surface area contributed by atoms with E-state index in [1.165, 1.54) is 0 Å². The number of hydrogen-bond donors (Lipinski definition) is 2. The average molecular weight is 561 g/mol. The van der Waals surface area contributed by atoms with Gasteiger partial charge in [0.25, 0.3) is 0 Å². The molecule has 2 aromatic rings. The van der Waals surface area contributed by atoms with Gasteiger partial charge >= 0.3 is 5.97 Å². The average Bonchev–Trinajstić information content (AvgIpc) is 3.48. The normalized spacial score (nSPS) is 16.8. The van der Waals surface area contributed by atoms with E-state index < -0.39 is 12.0 Å². The number of nitrogens with zero attached hydrogens (tertiary/aromatic N) is 1. The van der Waals surface area contributed by atoms with Crippen molar-refractivity contribution in [1.29, 1.82) is 0 Å². The maximum atomic E-state index is 13.5. The summed E-state index contributed by atoms with van der Waals surface area (Å²) >= 11 is 0. The molecule has 0 spiro atoms. The second-order valence-corrected chi connectivity index (χ2v) is 10.7. The molecule has 0 bridgehead atoms. The summed E-state index contributed by atoms with van der Waals surface area (Å²) in [5.74, 6) is -1.67. The van der Waals surface area contributed by atoms with Crippen LogP contribution in [0.5, 0.6) is 0 Å². The molecule has 1 fully saturated rings. The Morgan fingerprint density at radius 2 is 1.73 bits per heavy atom. The highest BCUT2D eigenvalue weighted by atomic mass is 16.5. The Labute approximate surface area is 244 Å². The van der Waals surface area contributed by atoms with Gasteiger partial charge in [0, 0.05) is 13.0 Å². The van der Waals surface area contributed by atoms with Crippen molar-refractivity contribution in [3.63, 3.8) is 0 Å². The van der Waals surface area contributed by atoms with Gasteiger partial charge in [-0.25, -0.2) is 0 Å². The van der Waals surface area contributed by atoms with Crippen LogP contribution < -0.4 is 5.32 Å². The smallest absolute Gasteiger partial charge is 0.309 e. The first kappa shape index (κ1) is 31.8. The van der Waals surface area contributed by atoms with Crippen LogP contribution in [0.4, 0.5) is 0 Å². The summed E-state index contributed by atoms with van der Waals surface area (Å²) in [5, 5.41) is 12.7. The maximum absolute atomic E-state index is 13.5.